The zero-order chi connectivity index (χ0) is 14.1. The van der Waals surface area contributed by atoms with Crippen molar-refractivity contribution in [2.75, 3.05) is 12.3 Å². The van der Waals surface area contributed by atoms with Crippen molar-refractivity contribution in [2.45, 2.75) is 43.7 Å². The first-order valence-electron chi connectivity index (χ1n) is 6.50. The monoisotopic (exact) mass is 297 g/mol. The van der Waals surface area contributed by atoms with Crippen molar-refractivity contribution in [3.05, 3.63) is 23.4 Å². The third kappa shape index (κ3) is 6.29. The van der Waals surface area contributed by atoms with E-state index in [2.05, 4.69) is 16.4 Å². The molecule has 1 N–H and O–H groups in total. The second kappa shape index (κ2) is 8.42. The van der Waals surface area contributed by atoms with Gasteiger partial charge < -0.3 is 0 Å². The number of nitrogens with one attached hydrogen (secondary N) is 1. The fourth-order valence-corrected chi connectivity index (χ4v) is 2.74. The van der Waals surface area contributed by atoms with Crippen molar-refractivity contribution < 1.29 is 0 Å². The highest BCUT2D eigenvalue weighted by Gasteiger charge is 2.20. The summed E-state index contributed by atoms with van der Waals surface area (Å²) >= 11 is 7.51. The van der Waals surface area contributed by atoms with Gasteiger partial charge in [-0.1, -0.05) is 18.5 Å². The molecule has 1 atom stereocenters. The molecule has 0 fully saturated rings. The Morgan fingerprint density at radius 1 is 1.47 bits per heavy atom. The molecule has 1 unspecified atom stereocenters. The Labute approximate surface area is 124 Å². The van der Waals surface area contributed by atoms with Crippen LogP contribution < -0.4 is 5.32 Å². The summed E-state index contributed by atoms with van der Waals surface area (Å²) in [5, 5.41) is 14.0. The summed E-state index contributed by atoms with van der Waals surface area (Å²) in [5.74, 6) is 1.02. The highest BCUT2D eigenvalue weighted by atomic mass is 35.5. The van der Waals surface area contributed by atoms with Gasteiger partial charge in [0.1, 0.15) is 5.54 Å². The zero-order valence-corrected chi connectivity index (χ0v) is 13.0. The average Bonchev–Trinajstić information content (AvgIpc) is 2.41. The average molecular weight is 298 g/mol. The van der Waals surface area contributed by atoms with E-state index in [4.69, 9.17) is 16.9 Å². The van der Waals surface area contributed by atoms with Crippen LogP contribution in [0.15, 0.2) is 23.4 Å². The minimum atomic E-state index is -0.391. The van der Waals surface area contributed by atoms with Crippen LogP contribution in [0.1, 0.15) is 33.1 Å². The first-order valence-corrected chi connectivity index (χ1v) is 7.86. The van der Waals surface area contributed by atoms with E-state index >= 15 is 0 Å². The largest absolute Gasteiger partial charge is 0.300 e. The van der Waals surface area contributed by atoms with Crippen LogP contribution in [-0.4, -0.2) is 22.8 Å². The third-order valence-corrected chi connectivity index (χ3v) is 4.09. The van der Waals surface area contributed by atoms with Gasteiger partial charge in [0, 0.05) is 6.20 Å². The number of halogens is 1. The summed E-state index contributed by atoms with van der Waals surface area (Å²) in [6, 6.07) is 6.14. The molecule has 0 aliphatic carbocycles. The molecule has 0 aromatic carbocycles. The lowest BCUT2D eigenvalue weighted by atomic mass is 9.97. The standard InChI is InChI=1S/C14H20ClN3S/c1-3-18-14(2,11-16)8-4-5-9-19-13-7-6-12(15)10-17-13/h6-7,10,18H,3-5,8-9H2,1-2H3. The highest BCUT2D eigenvalue weighted by molar-refractivity contribution is 7.99. The normalized spacial score (nSPS) is 13.8. The first kappa shape index (κ1) is 16.3. The van der Waals surface area contributed by atoms with Gasteiger partial charge in [0.25, 0.3) is 0 Å². The molecule has 0 saturated heterocycles. The number of rotatable bonds is 8. The summed E-state index contributed by atoms with van der Waals surface area (Å²) < 4.78 is 0. The van der Waals surface area contributed by atoms with Gasteiger partial charge in [0.05, 0.1) is 16.1 Å². The molecule has 0 bridgehead atoms. The Kier molecular flexibility index (Phi) is 7.22. The summed E-state index contributed by atoms with van der Waals surface area (Å²) in [5.41, 5.74) is -0.391. The molecule has 1 aromatic rings. The number of pyridine rings is 1. The first-order chi connectivity index (χ1) is 9.09. The lowest BCUT2D eigenvalue weighted by Crippen LogP contribution is -2.40. The second-order valence-corrected chi connectivity index (χ2v) is 6.15. The van der Waals surface area contributed by atoms with Gasteiger partial charge in [0.2, 0.25) is 0 Å². The van der Waals surface area contributed by atoms with E-state index in [1.54, 1.807) is 18.0 Å². The van der Waals surface area contributed by atoms with Crippen molar-refractivity contribution in [1.29, 1.82) is 5.26 Å². The van der Waals surface area contributed by atoms with Crippen LogP contribution in [0.4, 0.5) is 0 Å². The molecule has 0 spiro atoms. The van der Waals surface area contributed by atoms with Gasteiger partial charge in [-0.2, -0.15) is 5.26 Å². The van der Waals surface area contributed by atoms with Crippen LogP contribution in [0.5, 0.6) is 0 Å². The summed E-state index contributed by atoms with van der Waals surface area (Å²) in [4.78, 5) is 4.24. The van der Waals surface area contributed by atoms with E-state index in [9.17, 15) is 0 Å². The predicted octanol–water partition coefficient (Wildman–Crippen LogP) is 3.89. The number of hydrogen-bond acceptors (Lipinski definition) is 4. The molecule has 1 rings (SSSR count). The van der Waals surface area contributed by atoms with Crippen LogP contribution in [0, 0.1) is 11.3 Å². The maximum absolute atomic E-state index is 9.14. The zero-order valence-electron chi connectivity index (χ0n) is 11.4. The predicted molar refractivity (Wildman–Crippen MR) is 81.5 cm³/mol. The summed E-state index contributed by atoms with van der Waals surface area (Å²) in [7, 11) is 0. The molecule has 3 nitrogen and oxygen atoms in total. The number of nitriles is 1. The number of unbranched alkanes of at least 4 members (excludes halogenated alkanes) is 1. The van der Waals surface area contributed by atoms with E-state index in [1.165, 1.54) is 0 Å². The molecule has 1 heterocycles. The van der Waals surface area contributed by atoms with Crippen molar-refractivity contribution in [2.24, 2.45) is 0 Å². The van der Waals surface area contributed by atoms with Gasteiger partial charge in [-0.15, -0.1) is 11.8 Å². The molecule has 0 radical (unpaired) electrons. The summed E-state index contributed by atoms with van der Waals surface area (Å²) in [6.07, 6.45) is 4.67. The van der Waals surface area contributed by atoms with Gasteiger partial charge >= 0.3 is 0 Å². The van der Waals surface area contributed by atoms with E-state index in [0.717, 1.165) is 36.6 Å². The van der Waals surface area contributed by atoms with Crippen molar-refractivity contribution in [3.63, 3.8) is 0 Å². The van der Waals surface area contributed by atoms with E-state index < -0.39 is 5.54 Å². The Bertz CT molecular complexity index is 416. The quantitative estimate of drug-likeness (QED) is 0.584. The van der Waals surface area contributed by atoms with Crippen molar-refractivity contribution in [1.82, 2.24) is 10.3 Å². The molecule has 0 saturated carbocycles. The molecule has 5 heteroatoms. The smallest absolute Gasteiger partial charge is 0.103 e. The van der Waals surface area contributed by atoms with Crippen molar-refractivity contribution in [3.8, 4) is 6.07 Å². The topological polar surface area (TPSA) is 48.7 Å². The minimum Gasteiger partial charge on any atom is -0.300 e. The number of hydrogen-bond donors (Lipinski definition) is 1. The van der Waals surface area contributed by atoms with Crippen LogP contribution in [0.25, 0.3) is 0 Å². The van der Waals surface area contributed by atoms with E-state index in [-0.39, 0.29) is 0 Å². The SMILES string of the molecule is CCNC(C)(C#N)CCCCSc1ccc(Cl)cn1. The van der Waals surface area contributed by atoms with Gasteiger partial charge in [-0.05, 0) is 50.6 Å². The fourth-order valence-electron chi connectivity index (χ4n) is 1.78. The Hall–Kier alpha value is -0.760. The molecule has 104 valence electrons. The Balaban J connectivity index is 2.21. The minimum absolute atomic E-state index is 0.391. The fraction of sp³-hybridized carbons (Fsp3) is 0.571. The van der Waals surface area contributed by atoms with Gasteiger partial charge in [-0.3, -0.25) is 5.32 Å². The Morgan fingerprint density at radius 2 is 2.26 bits per heavy atom. The lowest BCUT2D eigenvalue weighted by molar-refractivity contribution is 0.415. The maximum Gasteiger partial charge on any atom is 0.103 e. The van der Waals surface area contributed by atoms with E-state index in [0.29, 0.717) is 5.02 Å². The van der Waals surface area contributed by atoms with Crippen LogP contribution in [-0.2, 0) is 0 Å². The van der Waals surface area contributed by atoms with Crippen LogP contribution >= 0.6 is 23.4 Å². The molecule has 19 heavy (non-hydrogen) atoms. The molecular weight excluding hydrogens is 278 g/mol. The van der Waals surface area contributed by atoms with Crippen LogP contribution in [0.3, 0.4) is 0 Å². The van der Waals surface area contributed by atoms with Gasteiger partial charge in [0.15, 0.2) is 0 Å². The van der Waals surface area contributed by atoms with Gasteiger partial charge in [-0.25, -0.2) is 4.98 Å². The second-order valence-electron chi connectivity index (χ2n) is 4.59. The molecular formula is C14H20ClN3S. The molecule has 0 aliphatic rings. The lowest BCUT2D eigenvalue weighted by Gasteiger charge is -2.22. The van der Waals surface area contributed by atoms with Crippen LogP contribution in [0.2, 0.25) is 5.02 Å². The third-order valence-electron chi connectivity index (χ3n) is 2.84. The number of nitrogens with zero attached hydrogens (tertiary/aromatic N) is 2. The molecule has 0 aliphatic heterocycles. The molecule has 0 amide bonds. The van der Waals surface area contributed by atoms with E-state index in [1.807, 2.05) is 26.0 Å². The maximum atomic E-state index is 9.14. The summed E-state index contributed by atoms with van der Waals surface area (Å²) in [6.45, 7) is 4.82. The number of thioether (sulfide) groups is 1. The molecule has 1 aromatic heterocycles. The Morgan fingerprint density at radius 3 is 2.84 bits per heavy atom. The van der Waals surface area contributed by atoms with Crippen molar-refractivity contribution >= 4 is 23.4 Å². The number of aromatic nitrogens is 1. The highest BCUT2D eigenvalue weighted by Crippen LogP contribution is 2.20.